The summed E-state index contributed by atoms with van der Waals surface area (Å²) in [5.41, 5.74) is 11.8. The highest BCUT2D eigenvalue weighted by atomic mass is 32.1. The molecule has 0 spiro atoms. The lowest BCUT2D eigenvalue weighted by Crippen LogP contribution is -2.09. The number of aromatic nitrogens is 1. The summed E-state index contributed by atoms with van der Waals surface area (Å²) in [5.74, 6) is 0. The highest BCUT2D eigenvalue weighted by Gasteiger charge is 2.17. The number of furan rings is 1. The summed E-state index contributed by atoms with van der Waals surface area (Å²) in [6, 6.07) is 69.2. The Hall–Kier alpha value is -7.01. The Balaban J connectivity index is 1.00. The maximum absolute atomic E-state index is 6.54. The van der Waals surface area contributed by atoms with Crippen molar-refractivity contribution in [2.45, 2.75) is 0 Å². The van der Waals surface area contributed by atoms with Crippen molar-refractivity contribution < 1.29 is 4.42 Å². The molecule has 0 aliphatic carbocycles. The maximum Gasteiger partial charge on any atom is 0.137 e. The van der Waals surface area contributed by atoms with E-state index < -0.39 is 0 Å². The number of anilines is 3. The lowest BCUT2D eigenvalue weighted by atomic mass is 10.0. The average Bonchev–Trinajstić information content (AvgIpc) is 3.85. The quantitative estimate of drug-likeness (QED) is 0.171. The zero-order valence-corrected chi connectivity index (χ0v) is 30.5. The van der Waals surface area contributed by atoms with E-state index in [4.69, 9.17) is 9.40 Å². The zero-order chi connectivity index (χ0) is 36.3. The van der Waals surface area contributed by atoms with Crippen molar-refractivity contribution >= 4 is 82.1 Å². The summed E-state index contributed by atoms with van der Waals surface area (Å²) in [5, 5.41) is 8.12. The standard InChI is InChI=1S/C51H32N2OS/c1-3-9-33(10-4-1)34-17-22-41(23-18-34)53(43-26-27-44-46-30-38-13-7-8-14-39(38)31-48(46)54-49(44)32-43)42-24-19-35(20-25-42)40-16-15-36-21-28-47-50(45(36)29-40)55-51(52-47)37-11-5-2-6-12-37/h1-32H. The Kier molecular flexibility index (Phi) is 7.35. The summed E-state index contributed by atoms with van der Waals surface area (Å²) >= 11 is 1.76. The first-order chi connectivity index (χ1) is 27.2. The first-order valence-corrected chi connectivity index (χ1v) is 19.3. The van der Waals surface area contributed by atoms with Gasteiger partial charge in [-0.1, -0.05) is 127 Å². The minimum Gasteiger partial charge on any atom is -0.456 e. The Labute approximate surface area is 322 Å². The van der Waals surface area contributed by atoms with Crippen LogP contribution in [0.15, 0.2) is 199 Å². The molecule has 0 aliphatic rings. The molecule has 0 saturated heterocycles. The minimum absolute atomic E-state index is 0.867. The highest BCUT2D eigenvalue weighted by molar-refractivity contribution is 7.22. The van der Waals surface area contributed by atoms with Crippen LogP contribution in [0, 0.1) is 0 Å². The molecule has 0 unspecified atom stereocenters. The van der Waals surface area contributed by atoms with Gasteiger partial charge in [0.25, 0.3) is 0 Å². The largest absolute Gasteiger partial charge is 0.456 e. The lowest BCUT2D eigenvalue weighted by molar-refractivity contribution is 0.669. The maximum atomic E-state index is 6.54. The molecule has 0 N–H and O–H groups in total. The molecule has 0 fully saturated rings. The molecule has 0 saturated carbocycles. The van der Waals surface area contributed by atoms with Gasteiger partial charge in [-0.15, -0.1) is 11.3 Å². The third-order valence-electron chi connectivity index (χ3n) is 10.7. The van der Waals surface area contributed by atoms with Crippen molar-refractivity contribution in [3.63, 3.8) is 0 Å². The van der Waals surface area contributed by atoms with Crippen LogP contribution in [0.25, 0.3) is 86.5 Å². The van der Waals surface area contributed by atoms with Gasteiger partial charge < -0.3 is 9.32 Å². The first kappa shape index (κ1) is 31.5. The van der Waals surface area contributed by atoms with Crippen LogP contribution >= 0.6 is 11.3 Å². The summed E-state index contributed by atoms with van der Waals surface area (Å²) in [6.07, 6.45) is 0. The number of fused-ring (bicyclic) bond motifs is 7. The second kappa shape index (κ2) is 12.8. The van der Waals surface area contributed by atoms with Gasteiger partial charge in [-0.3, -0.25) is 0 Å². The fourth-order valence-electron chi connectivity index (χ4n) is 7.86. The van der Waals surface area contributed by atoms with Gasteiger partial charge in [0, 0.05) is 44.9 Å². The van der Waals surface area contributed by atoms with E-state index in [0.717, 1.165) is 60.7 Å². The van der Waals surface area contributed by atoms with Gasteiger partial charge in [-0.2, -0.15) is 0 Å². The van der Waals surface area contributed by atoms with Crippen LogP contribution in [0.4, 0.5) is 17.1 Å². The molecule has 4 heteroatoms. The summed E-state index contributed by atoms with van der Waals surface area (Å²) < 4.78 is 7.76. The molecule has 11 aromatic rings. The van der Waals surface area contributed by atoms with Crippen LogP contribution in [0.1, 0.15) is 0 Å². The van der Waals surface area contributed by atoms with E-state index in [1.807, 2.05) is 6.07 Å². The van der Waals surface area contributed by atoms with Crippen molar-refractivity contribution in [1.82, 2.24) is 4.98 Å². The summed E-state index contributed by atoms with van der Waals surface area (Å²) in [7, 11) is 0. The van der Waals surface area contributed by atoms with Crippen molar-refractivity contribution in [3.05, 3.63) is 194 Å². The normalized spacial score (nSPS) is 11.6. The van der Waals surface area contributed by atoms with E-state index in [1.165, 1.54) is 42.9 Å². The van der Waals surface area contributed by atoms with E-state index in [9.17, 15) is 0 Å². The van der Waals surface area contributed by atoms with Crippen LogP contribution in [0.3, 0.4) is 0 Å². The van der Waals surface area contributed by atoms with E-state index in [2.05, 4.69) is 193 Å². The molecule has 11 rings (SSSR count). The highest BCUT2D eigenvalue weighted by Crippen LogP contribution is 2.41. The van der Waals surface area contributed by atoms with Crippen LogP contribution in [-0.2, 0) is 0 Å². The van der Waals surface area contributed by atoms with Gasteiger partial charge in [0.2, 0.25) is 0 Å². The molecule has 0 bridgehead atoms. The van der Waals surface area contributed by atoms with Crippen LogP contribution in [0.5, 0.6) is 0 Å². The number of nitrogens with zero attached hydrogens (tertiary/aromatic N) is 2. The molecule has 0 aliphatic heterocycles. The van der Waals surface area contributed by atoms with Crippen molar-refractivity contribution in [2.24, 2.45) is 0 Å². The van der Waals surface area contributed by atoms with Crippen molar-refractivity contribution in [3.8, 4) is 32.8 Å². The Bertz CT molecular complexity index is 3180. The molecule has 0 atom stereocenters. The average molecular weight is 721 g/mol. The van der Waals surface area contributed by atoms with Gasteiger partial charge in [0.05, 0.1) is 10.2 Å². The van der Waals surface area contributed by atoms with E-state index >= 15 is 0 Å². The third kappa shape index (κ3) is 5.54. The molecule has 55 heavy (non-hydrogen) atoms. The van der Waals surface area contributed by atoms with Crippen LogP contribution < -0.4 is 4.90 Å². The fraction of sp³-hybridized carbons (Fsp3) is 0. The van der Waals surface area contributed by atoms with E-state index in [-0.39, 0.29) is 0 Å². The van der Waals surface area contributed by atoms with Crippen LogP contribution in [0.2, 0.25) is 0 Å². The number of hydrogen-bond acceptors (Lipinski definition) is 4. The molecular formula is C51H32N2OS. The number of thiazole rings is 1. The zero-order valence-electron chi connectivity index (χ0n) is 29.7. The fourth-order valence-corrected chi connectivity index (χ4v) is 8.96. The van der Waals surface area contributed by atoms with Gasteiger partial charge >= 0.3 is 0 Å². The van der Waals surface area contributed by atoms with Gasteiger partial charge in [-0.25, -0.2) is 4.98 Å². The van der Waals surface area contributed by atoms with Crippen molar-refractivity contribution in [1.29, 1.82) is 0 Å². The van der Waals surface area contributed by atoms with E-state index in [1.54, 1.807) is 11.3 Å². The van der Waals surface area contributed by atoms with Gasteiger partial charge in [-0.05, 0) is 99.1 Å². The molecule has 2 heterocycles. The minimum atomic E-state index is 0.867. The predicted molar refractivity (Wildman–Crippen MR) is 233 cm³/mol. The molecule has 0 amide bonds. The summed E-state index contributed by atoms with van der Waals surface area (Å²) in [4.78, 5) is 7.31. The molecule has 2 aromatic heterocycles. The Morgan fingerprint density at radius 1 is 0.382 bits per heavy atom. The molecule has 258 valence electrons. The van der Waals surface area contributed by atoms with Gasteiger partial charge in [0.1, 0.15) is 16.2 Å². The SMILES string of the molecule is c1ccc(-c2ccc(N(c3ccc(-c4ccc5ccc6nc(-c7ccccc7)sc6c5c4)cc3)c3ccc4c(c3)oc3cc5ccccc5cc34)cc2)cc1. The molecular weight excluding hydrogens is 689 g/mol. The second-order valence-corrected chi connectivity index (χ2v) is 15.0. The second-order valence-electron chi connectivity index (χ2n) is 14.0. The lowest BCUT2D eigenvalue weighted by Gasteiger charge is -2.26. The van der Waals surface area contributed by atoms with Crippen molar-refractivity contribution in [2.75, 3.05) is 4.90 Å². The Morgan fingerprint density at radius 2 is 0.945 bits per heavy atom. The predicted octanol–water partition coefficient (Wildman–Crippen LogP) is 15.0. The monoisotopic (exact) mass is 720 g/mol. The number of rotatable bonds is 6. The van der Waals surface area contributed by atoms with Gasteiger partial charge in [0.15, 0.2) is 0 Å². The smallest absolute Gasteiger partial charge is 0.137 e. The number of hydrogen-bond donors (Lipinski definition) is 0. The van der Waals surface area contributed by atoms with Crippen LogP contribution in [-0.4, -0.2) is 4.98 Å². The van der Waals surface area contributed by atoms with E-state index in [0.29, 0.717) is 0 Å². The Morgan fingerprint density at radius 3 is 1.67 bits per heavy atom. The summed E-state index contributed by atoms with van der Waals surface area (Å²) in [6.45, 7) is 0. The first-order valence-electron chi connectivity index (χ1n) is 18.5. The third-order valence-corrected chi connectivity index (χ3v) is 11.8. The molecule has 0 radical (unpaired) electrons. The molecule has 3 nitrogen and oxygen atoms in total. The number of benzene rings is 9. The topological polar surface area (TPSA) is 29.3 Å². The molecule has 9 aromatic carbocycles.